The minimum absolute atomic E-state index is 0.243. The van der Waals surface area contributed by atoms with Crippen molar-refractivity contribution in [3.05, 3.63) is 42.6 Å². The fourth-order valence-electron chi connectivity index (χ4n) is 1.58. The summed E-state index contributed by atoms with van der Waals surface area (Å²) in [5.41, 5.74) is 2.40. The van der Waals surface area contributed by atoms with Gasteiger partial charge in [0.15, 0.2) is 0 Å². The summed E-state index contributed by atoms with van der Waals surface area (Å²) in [6.45, 7) is 0.458. The van der Waals surface area contributed by atoms with E-state index < -0.39 is 0 Å². The lowest BCUT2D eigenvalue weighted by molar-refractivity contribution is 0.517. The molecule has 0 amide bonds. The van der Waals surface area contributed by atoms with Gasteiger partial charge in [-0.25, -0.2) is 10.5 Å². The Hall–Kier alpha value is -2.94. The van der Waals surface area contributed by atoms with Gasteiger partial charge in [-0.3, -0.25) is 5.43 Å². The van der Waals surface area contributed by atoms with E-state index in [4.69, 9.17) is 10.3 Å². The maximum Gasteiger partial charge on any atom is 0.257 e. The van der Waals surface area contributed by atoms with Gasteiger partial charge in [0, 0.05) is 12.4 Å². The summed E-state index contributed by atoms with van der Waals surface area (Å²) in [5.74, 6) is 7.10. The summed E-state index contributed by atoms with van der Waals surface area (Å²) in [4.78, 5) is 12.5. The highest BCUT2D eigenvalue weighted by atomic mass is 16.3. The van der Waals surface area contributed by atoms with E-state index in [-0.39, 0.29) is 5.95 Å². The lowest BCUT2D eigenvalue weighted by atomic mass is 10.4. The Morgan fingerprint density at radius 1 is 1.20 bits per heavy atom. The number of nitrogens with two attached hydrogens (primary N) is 1. The quantitative estimate of drug-likeness (QED) is 0.455. The molecule has 0 aliphatic heterocycles. The third-order valence-electron chi connectivity index (χ3n) is 2.46. The molecule has 0 saturated carbocycles. The normalized spacial score (nSPS) is 10.4. The predicted octanol–water partition coefficient (Wildman–Crippen LogP) is 0.548. The van der Waals surface area contributed by atoms with E-state index in [1.54, 1.807) is 24.7 Å². The molecular weight excluding hydrogens is 260 g/mol. The van der Waals surface area contributed by atoms with Crippen molar-refractivity contribution in [3.63, 3.8) is 0 Å². The van der Waals surface area contributed by atoms with Gasteiger partial charge in [0.05, 0.1) is 12.8 Å². The van der Waals surface area contributed by atoms with E-state index in [2.05, 4.69) is 30.8 Å². The highest BCUT2D eigenvalue weighted by Crippen LogP contribution is 2.09. The number of nitrogens with zero attached hydrogens (tertiary/aromatic N) is 5. The SMILES string of the molecule is NNc1nc(NCc2ccco2)nc(-n2cccn2)n1. The highest BCUT2D eigenvalue weighted by molar-refractivity contribution is 5.37. The topological polar surface area (TPSA) is 120 Å². The fourth-order valence-corrected chi connectivity index (χ4v) is 1.58. The summed E-state index contributed by atoms with van der Waals surface area (Å²) in [7, 11) is 0. The van der Waals surface area contributed by atoms with Gasteiger partial charge in [0.1, 0.15) is 5.76 Å². The third kappa shape index (κ3) is 2.57. The summed E-state index contributed by atoms with van der Waals surface area (Å²) < 4.78 is 6.74. The number of furan rings is 1. The molecule has 4 N–H and O–H groups in total. The maximum atomic E-state index is 5.35. The Balaban J connectivity index is 1.84. The van der Waals surface area contributed by atoms with Crippen LogP contribution in [0.25, 0.3) is 5.95 Å². The minimum Gasteiger partial charge on any atom is -0.467 e. The van der Waals surface area contributed by atoms with Crippen molar-refractivity contribution in [1.29, 1.82) is 0 Å². The third-order valence-corrected chi connectivity index (χ3v) is 2.46. The first-order valence-corrected chi connectivity index (χ1v) is 5.84. The second kappa shape index (κ2) is 5.36. The maximum absolute atomic E-state index is 5.35. The average Bonchev–Trinajstić information content (AvgIpc) is 3.17. The molecule has 3 rings (SSSR count). The second-order valence-corrected chi connectivity index (χ2v) is 3.81. The molecule has 20 heavy (non-hydrogen) atoms. The van der Waals surface area contributed by atoms with Crippen molar-refractivity contribution in [2.45, 2.75) is 6.54 Å². The molecule has 102 valence electrons. The summed E-state index contributed by atoms with van der Waals surface area (Å²) >= 11 is 0. The molecule has 0 fully saturated rings. The largest absolute Gasteiger partial charge is 0.467 e. The Bertz CT molecular complexity index is 664. The number of hydrogen-bond donors (Lipinski definition) is 3. The molecule has 0 spiro atoms. The van der Waals surface area contributed by atoms with Crippen LogP contribution in [0.5, 0.6) is 0 Å². The molecule has 0 atom stereocenters. The van der Waals surface area contributed by atoms with Crippen LogP contribution in [0.2, 0.25) is 0 Å². The zero-order valence-corrected chi connectivity index (χ0v) is 10.4. The van der Waals surface area contributed by atoms with E-state index in [0.29, 0.717) is 18.4 Å². The van der Waals surface area contributed by atoms with Crippen molar-refractivity contribution in [3.8, 4) is 5.95 Å². The molecule has 9 heteroatoms. The standard InChI is InChI=1S/C11H12N8O/c12-18-10-15-9(13-7-8-3-1-6-20-8)16-11(17-10)19-5-2-4-14-19/h1-6H,7,12H2,(H2,13,15,16,17,18). The van der Waals surface area contributed by atoms with Gasteiger partial charge in [0.25, 0.3) is 5.95 Å². The zero-order valence-electron chi connectivity index (χ0n) is 10.4. The minimum atomic E-state index is 0.243. The van der Waals surface area contributed by atoms with Gasteiger partial charge in [-0.15, -0.1) is 0 Å². The Morgan fingerprint density at radius 2 is 2.10 bits per heavy atom. The molecule has 3 aromatic heterocycles. The first kappa shape index (κ1) is 12.1. The van der Waals surface area contributed by atoms with Crippen LogP contribution < -0.4 is 16.6 Å². The number of hydrazine groups is 1. The molecule has 0 aliphatic carbocycles. The van der Waals surface area contributed by atoms with E-state index in [9.17, 15) is 0 Å². The molecule has 0 unspecified atom stereocenters. The predicted molar refractivity (Wildman–Crippen MR) is 70.8 cm³/mol. The molecular formula is C11H12N8O. The van der Waals surface area contributed by atoms with Gasteiger partial charge >= 0.3 is 0 Å². The van der Waals surface area contributed by atoms with E-state index in [1.165, 1.54) is 4.68 Å². The van der Waals surface area contributed by atoms with Crippen molar-refractivity contribution >= 4 is 11.9 Å². The zero-order chi connectivity index (χ0) is 13.8. The van der Waals surface area contributed by atoms with Crippen LogP contribution in [0.4, 0.5) is 11.9 Å². The second-order valence-electron chi connectivity index (χ2n) is 3.81. The van der Waals surface area contributed by atoms with Crippen molar-refractivity contribution in [2.24, 2.45) is 5.84 Å². The van der Waals surface area contributed by atoms with Gasteiger partial charge < -0.3 is 9.73 Å². The molecule has 3 heterocycles. The average molecular weight is 272 g/mol. The number of hydrogen-bond acceptors (Lipinski definition) is 8. The van der Waals surface area contributed by atoms with Gasteiger partial charge in [0.2, 0.25) is 11.9 Å². The number of anilines is 2. The van der Waals surface area contributed by atoms with Gasteiger partial charge in [-0.2, -0.15) is 20.1 Å². The molecule has 0 saturated heterocycles. The monoisotopic (exact) mass is 272 g/mol. The van der Waals surface area contributed by atoms with Crippen LogP contribution in [0.1, 0.15) is 5.76 Å². The lowest BCUT2D eigenvalue weighted by Crippen LogP contribution is -2.16. The number of nitrogens with one attached hydrogen (secondary N) is 2. The van der Waals surface area contributed by atoms with Gasteiger partial charge in [-0.05, 0) is 18.2 Å². The van der Waals surface area contributed by atoms with Crippen molar-refractivity contribution in [1.82, 2.24) is 24.7 Å². The van der Waals surface area contributed by atoms with Crippen LogP contribution >= 0.6 is 0 Å². The van der Waals surface area contributed by atoms with Crippen LogP contribution in [-0.2, 0) is 6.54 Å². The molecule has 3 aromatic rings. The van der Waals surface area contributed by atoms with E-state index >= 15 is 0 Å². The van der Waals surface area contributed by atoms with E-state index in [0.717, 1.165) is 5.76 Å². The fraction of sp³-hybridized carbons (Fsp3) is 0.0909. The summed E-state index contributed by atoms with van der Waals surface area (Å²) in [6.07, 6.45) is 4.97. The Kier molecular flexibility index (Phi) is 3.25. The number of nitrogen functional groups attached to an aromatic ring is 1. The Morgan fingerprint density at radius 3 is 2.80 bits per heavy atom. The van der Waals surface area contributed by atoms with Crippen LogP contribution in [0.3, 0.4) is 0 Å². The first-order valence-electron chi connectivity index (χ1n) is 5.84. The summed E-state index contributed by atoms with van der Waals surface area (Å²) in [5, 5.41) is 7.09. The number of rotatable bonds is 5. The van der Waals surface area contributed by atoms with E-state index in [1.807, 2.05) is 12.1 Å². The lowest BCUT2D eigenvalue weighted by Gasteiger charge is -2.07. The molecule has 0 radical (unpaired) electrons. The molecule has 0 aromatic carbocycles. The van der Waals surface area contributed by atoms with Crippen LogP contribution in [0.15, 0.2) is 41.3 Å². The summed E-state index contributed by atoms with van der Waals surface area (Å²) in [6, 6.07) is 5.44. The number of aromatic nitrogens is 5. The molecule has 0 bridgehead atoms. The van der Waals surface area contributed by atoms with Crippen molar-refractivity contribution in [2.75, 3.05) is 10.7 Å². The smallest absolute Gasteiger partial charge is 0.257 e. The first-order chi connectivity index (χ1) is 9.85. The Labute approximate surface area is 113 Å². The van der Waals surface area contributed by atoms with Gasteiger partial charge in [-0.1, -0.05) is 0 Å². The molecule has 9 nitrogen and oxygen atoms in total. The molecule has 0 aliphatic rings. The highest BCUT2D eigenvalue weighted by Gasteiger charge is 2.08. The van der Waals surface area contributed by atoms with Crippen molar-refractivity contribution < 1.29 is 4.42 Å². The van der Waals surface area contributed by atoms with Crippen LogP contribution in [0, 0.1) is 0 Å². The van der Waals surface area contributed by atoms with Crippen LogP contribution in [-0.4, -0.2) is 24.7 Å².